The number of carboxylic acid groups (broad SMARTS) is 2. The lowest BCUT2D eigenvalue weighted by Gasteiger charge is -2.12. The fourth-order valence-corrected chi connectivity index (χ4v) is 2.78. The molecule has 2 N–H and O–H groups in total. The second-order valence-electron chi connectivity index (χ2n) is 6.10. The van der Waals surface area contributed by atoms with Crippen molar-refractivity contribution in [1.29, 1.82) is 0 Å². The maximum atomic E-state index is 11.4. The number of hydrogen-bond acceptors (Lipinski definition) is 3. The van der Waals surface area contributed by atoms with Gasteiger partial charge in [-0.15, -0.1) is 0 Å². The van der Waals surface area contributed by atoms with Crippen molar-refractivity contribution >= 4 is 18.2 Å². The molecule has 0 bridgehead atoms. The Balaban J connectivity index is 1.98. The molecule has 0 aliphatic rings. The molecule has 0 aliphatic carbocycles. The molecule has 2 aromatic rings. The van der Waals surface area contributed by atoms with Crippen LogP contribution in [0.5, 0.6) is 0 Å². The number of rotatable bonds is 8. The van der Waals surface area contributed by atoms with Crippen molar-refractivity contribution in [2.45, 2.75) is 26.2 Å². The number of carboxylic acids is 2. The minimum absolute atomic E-state index is 0.172. The molecule has 0 aromatic heterocycles. The zero-order valence-electron chi connectivity index (χ0n) is 13.9. The molecule has 5 nitrogen and oxygen atoms in total. The van der Waals surface area contributed by atoms with Crippen LogP contribution in [-0.2, 0) is 17.6 Å². The van der Waals surface area contributed by atoms with E-state index >= 15 is 0 Å². The van der Waals surface area contributed by atoms with E-state index < -0.39 is 11.9 Å². The molecule has 0 aliphatic heterocycles. The molecule has 0 heterocycles. The summed E-state index contributed by atoms with van der Waals surface area (Å²) in [5.74, 6) is -2.09. The first kappa shape index (κ1) is 18.4. The minimum Gasteiger partial charge on any atom is -0.478 e. The number of hydrogen-bond donors (Lipinski definition) is 2. The molecule has 2 rings (SSSR count). The third-order valence-electron chi connectivity index (χ3n) is 4.22. The second-order valence-corrected chi connectivity index (χ2v) is 6.10. The highest BCUT2D eigenvalue weighted by Gasteiger charge is 2.12. The quantitative estimate of drug-likeness (QED) is 0.719. The first-order chi connectivity index (χ1) is 11.9. The third kappa shape index (κ3) is 5.01. The van der Waals surface area contributed by atoms with Crippen LogP contribution in [-0.4, -0.2) is 28.4 Å². The standard InChI is InChI=1S/C20H20O5/c1-13-10-15(6-9-18(13)20(24)25)11-16(12-21)3-2-14-4-7-17(8-5-14)19(22)23/h4-10,12,16H,2-3,11H2,1H3,(H,22,23)(H,24,25). The van der Waals surface area contributed by atoms with Crippen LogP contribution in [0.4, 0.5) is 0 Å². The molecule has 5 heteroatoms. The van der Waals surface area contributed by atoms with Crippen molar-refractivity contribution in [3.05, 3.63) is 70.3 Å². The SMILES string of the molecule is Cc1cc(CC(C=O)CCc2ccc(C(=O)O)cc2)ccc1C(=O)O. The van der Waals surface area contributed by atoms with Gasteiger partial charge < -0.3 is 15.0 Å². The Morgan fingerprint density at radius 3 is 2.16 bits per heavy atom. The van der Waals surface area contributed by atoms with E-state index in [4.69, 9.17) is 10.2 Å². The average molecular weight is 340 g/mol. The average Bonchev–Trinajstić information content (AvgIpc) is 2.58. The van der Waals surface area contributed by atoms with E-state index in [-0.39, 0.29) is 17.0 Å². The Morgan fingerprint density at radius 2 is 1.64 bits per heavy atom. The third-order valence-corrected chi connectivity index (χ3v) is 4.22. The van der Waals surface area contributed by atoms with E-state index in [2.05, 4.69) is 0 Å². The number of carbonyl (C=O) groups excluding carboxylic acids is 1. The summed E-state index contributed by atoms with van der Waals surface area (Å²) in [6, 6.07) is 11.8. The lowest BCUT2D eigenvalue weighted by Crippen LogP contribution is -2.09. The molecule has 0 saturated heterocycles. The summed E-state index contributed by atoms with van der Waals surface area (Å²) in [5, 5.41) is 17.9. The van der Waals surface area contributed by atoms with Gasteiger partial charge in [-0.25, -0.2) is 9.59 Å². The molecule has 25 heavy (non-hydrogen) atoms. The molecule has 1 unspecified atom stereocenters. The van der Waals surface area contributed by atoms with Crippen molar-refractivity contribution in [2.24, 2.45) is 5.92 Å². The van der Waals surface area contributed by atoms with Gasteiger partial charge in [0.15, 0.2) is 0 Å². The van der Waals surface area contributed by atoms with E-state index in [1.165, 1.54) is 0 Å². The summed E-state index contributed by atoms with van der Waals surface area (Å²) >= 11 is 0. The Bertz CT molecular complexity index is 777. The van der Waals surface area contributed by atoms with Crippen LogP contribution < -0.4 is 0 Å². The predicted molar refractivity (Wildman–Crippen MR) is 93.1 cm³/mol. The number of aryl methyl sites for hydroxylation is 2. The zero-order valence-corrected chi connectivity index (χ0v) is 13.9. The Kier molecular flexibility index (Phi) is 6.06. The van der Waals surface area contributed by atoms with Gasteiger partial charge in [0.25, 0.3) is 0 Å². The van der Waals surface area contributed by atoms with Crippen molar-refractivity contribution in [3.63, 3.8) is 0 Å². The van der Waals surface area contributed by atoms with Gasteiger partial charge in [0.05, 0.1) is 11.1 Å². The summed E-state index contributed by atoms with van der Waals surface area (Å²) in [7, 11) is 0. The van der Waals surface area contributed by atoms with Crippen molar-refractivity contribution in [3.8, 4) is 0 Å². The predicted octanol–water partition coefficient (Wildman–Crippen LogP) is 3.38. The molecular weight excluding hydrogens is 320 g/mol. The van der Waals surface area contributed by atoms with E-state index in [1.807, 2.05) is 6.07 Å². The highest BCUT2D eigenvalue weighted by atomic mass is 16.4. The summed E-state index contributed by atoms with van der Waals surface area (Å²) in [6.07, 6.45) is 2.80. The monoisotopic (exact) mass is 340 g/mol. The lowest BCUT2D eigenvalue weighted by molar-refractivity contribution is -0.111. The number of benzene rings is 2. The summed E-state index contributed by atoms with van der Waals surface area (Å²) in [5.41, 5.74) is 3.10. The first-order valence-electron chi connectivity index (χ1n) is 8.01. The number of carbonyl (C=O) groups is 3. The molecule has 0 fully saturated rings. The minimum atomic E-state index is -0.961. The second kappa shape index (κ2) is 8.24. The van der Waals surface area contributed by atoms with Crippen molar-refractivity contribution < 1.29 is 24.6 Å². The van der Waals surface area contributed by atoms with E-state index in [0.717, 1.165) is 17.4 Å². The lowest BCUT2D eigenvalue weighted by atomic mass is 9.92. The van der Waals surface area contributed by atoms with Crippen LogP contribution in [0, 0.1) is 12.8 Å². The largest absolute Gasteiger partial charge is 0.478 e. The van der Waals surface area contributed by atoms with E-state index in [9.17, 15) is 14.4 Å². The summed E-state index contributed by atoms with van der Waals surface area (Å²) < 4.78 is 0. The topological polar surface area (TPSA) is 91.7 Å². The van der Waals surface area contributed by atoms with Crippen LogP contribution in [0.2, 0.25) is 0 Å². The molecule has 130 valence electrons. The molecular formula is C20H20O5. The van der Waals surface area contributed by atoms with Gasteiger partial charge >= 0.3 is 11.9 Å². The van der Waals surface area contributed by atoms with Crippen LogP contribution in [0.25, 0.3) is 0 Å². The van der Waals surface area contributed by atoms with Gasteiger partial charge in [0.1, 0.15) is 6.29 Å². The molecule has 0 saturated carbocycles. The van der Waals surface area contributed by atoms with Crippen LogP contribution in [0.1, 0.15) is 43.8 Å². The van der Waals surface area contributed by atoms with Crippen LogP contribution >= 0.6 is 0 Å². The van der Waals surface area contributed by atoms with Gasteiger partial charge in [0, 0.05) is 5.92 Å². The number of aromatic carboxylic acids is 2. The smallest absolute Gasteiger partial charge is 0.335 e. The number of aldehydes is 1. The van der Waals surface area contributed by atoms with Crippen LogP contribution in [0.15, 0.2) is 42.5 Å². The summed E-state index contributed by atoms with van der Waals surface area (Å²) in [4.78, 5) is 33.2. The fourth-order valence-electron chi connectivity index (χ4n) is 2.78. The Labute approximate surface area is 145 Å². The summed E-state index contributed by atoms with van der Waals surface area (Å²) in [6.45, 7) is 1.74. The van der Waals surface area contributed by atoms with Crippen LogP contribution in [0.3, 0.4) is 0 Å². The molecule has 0 radical (unpaired) electrons. The molecule has 0 spiro atoms. The highest BCUT2D eigenvalue weighted by Crippen LogP contribution is 2.18. The van der Waals surface area contributed by atoms with Gasteiger partial charge in [-0.1, -0.05) is 24.3 Å². The normalized spacial score (nSPS) is 11.7. The Hall–Kier alpha value is -2.95. The molecule has 2 aromatic carbocycles. The van der Waals surface area contributed by atoms with Gasteiger partial charge in [0.2, 0.25) is 0 Å². The maximum absolute atomic E-state index is 11.4. The van der Waals surface area contributed by atoms with Gasteiger partial charge in [-0.05, 0) is 61.1 Å². The van der Waals surface area contributed by atoms with Gasteiger partial charge in [-0.2, -0.15) is 0 Å². The van der Waals surface area contributed by atoms with E-state index in [1.54, 1.807) is 43.3 Å². The first-order valence-corrected chi connectivity index (χ1v) is 8.01. The fraction of sp³-hybridized carbons (Fsp3) is 0.250. The Morgan fingerprint density at radius 1 is 1.00 bits per heavy atom. The zero-order chi connectivity index (χ0) is 18.4. The molecule has 0 amide bonds. The molecule has 1 atom stereocenters. The maximum Gasteiger partial charge on any atom is 0.335 e. The highest BCUT2D eigenvalue weighted by molar-refractivity contribution is 5.89. The van der Waals surface area contributed by atoms with E-state index in [0.29, 0.717) is 24.8 Å². The van der Waals surface area contributed by atoms with Gasteiger partial charge in [-0.3, -0.25) is 0 Å². The van der Waals surface area contributed by atoms with Crippen molar-refractivity contribution in [1.82, 2.24) is 0 Å². The van der Waals surface area contributed by atoms with Crippen molar-refractivity contribution in [2.75, 3.05) is 0 Å².